The van der Waals surface area contributed by atoms with Gasteiger partial charge in [0.25, 0.3) is 0 Å². The van der Waals surface area contributed by atoms with E-state index < -0.39 is 17.4 Å². The van der Waals surface area contributed by atoms with Crippen LogP contribution in [-0.2, 0) is 5.60 Å². The van der Waals surface area contributed by atoms with Crippen molar-refractivity contribution in [1.29, 1.82) is 0 Å². The van der Waals surface area contributed by atoms with Crippen LogP contribution in [0.4, 0.5) is 13.2 Å². The zero-order chi connectivity index (χ0) is 22.9. The molecule has 0 aliphatic heterocycles. The first-order valence-corrected chi connectivity index (χ1v) is 9.48. The maximum Gasteiger partial charge on any atom is 0.573 e. The molecule has 1 unspecified atom stereocenters. The maximum absolute atomic E-state index is 12.4. The third-order valence-electron chi connectivity index (χ3n) is 5.08. The molecule has 0 fully saturated rings. The van der Waals surface area contributed by atoms with Crippen molar-refractivity contribution in [3.8, 4) is 22.6 Å². The van der Waals surface area contributed by atoms with Crippen molar-refractivity contribution in [1.82, 2.24) is 9.97 Å². The van der Waals surface area contributed by atoms with Crippen LogP contribution in [0.15, 0.2) is 61.2 Å². The Labute approximate surface area is 178 Å². The summed E-state index contributed by atoms with van der Waals surface area (Å²) in [4.78, 5) is 8.08. The monoisotopic (exact) mass is 432 g/mol. The number of nitrogens with zero attached hydrogens (tertiary/aromatic N) is 2. The second-order valence-corrected chi connectivity index (χ2v) is 8.07. The van der Waals surface area contributed by atoms with Gasteiger partial charge in [-0.2, -0.15) is 0 Å². The smallest absolute Gasteiger partial charge is 0.496 e. The number of aromatic nitrogens is 2. The van der Waals surface area contributed by atoms with Gasteiger partial charge in [0.1, 0.15) is 23.4 Å². The first-order valence-electron chi connectivity index (χ1n) is 9.48. The summed E-state index contributed by atoms with van der Waals surface area (Å²) in [5.41, 5.74) is 0.327. The third kappa shape index (κ3) is 4.64. The molecular weight excluding hydrogens is 409 g/mol. The van der Waals surface area contributed by atoms with E-state index >= 15 is 0 Å². The third-order valence-corrected chi connectivity index (χ3v) is 5.08. The highest BCUT2D eigenvalue weighted by atomic mass is 19.4. The van der Waals surface area contributed by atoms with Crippen LogP contribution in [0.25, 0.3) is 11.1 Å². The van der Waals surface area contributed by atoms with Gasteiger partial charge in [-0.05, 0) is 34.7 Å². The molecule has 0 aliphatic carbocycles. The van der Waals surface area contributed by atoms with Gasteiger partial charge in [-0.25, -0.2) is 9.97 Å². The summed E-state index contributed by atoms with van der Waals surface area (Å²) in [7, 11) is 1.49. The van der Waals surface area contributed by atoms with Crippen molar-refractivity contribution in [2.45, 2.75) is 32.7 Å². The Hall–Kier alpha value is -3.13. The van der Waals surface area contributed by atoms with E-state index in [9.17, 15) is 18.3 Å². The highest BCUT2D eigenvalue weighted by Gasteiger charge is 2.45. The van der Waals surface area contributed by atoms with E-state index in [1.165, 1.54) is 37.7 Å². The van der Waals surface area contributed by atoms with Crippen LogP contribution in [0.2, 0.25) is 0 Å². The van der Waals surface area contributed by atoms with E-state index in [1.807, 2.05) is 20.8 Å². The van der Waals surface area contributed by atoms with Crippen LogP contribution >= 0.6 is 0 Å². The number of hydrogen-bond donors (Lipinski definition) is 1. The fourth-order valence-corrected chi connectivity index (χ4v) is 3.50. The molecule has 8 heteroatoms. The van der Waals surface area contributed by atoms with E-state index in [0.717, 1.165) is 0 Å². The Morgan fingerprint density at radius 2 is 1.45 bits per heavy atom. The molecule has 1 N–H and O–H groups in total. The lowest BCUT2D eigenvalue weighted by Gasteiger charge is -2.41. The highest BCUT2D eigenvalue weighted by Crippen LogP contribution is 2.48. The molecule has 3 aromatic rings. The van der Waals surface area contributed by atoms with E-state index in [1.54, 1.807) is 30.6 Å². The lowest BCUT2D eigenvalue weighted by atomic mass is 9.68. The second-order valence-electron chi connectivity index (χ2n) is 8.07. The minimum absolute atomic E-state index is 0.300. The highest BCUT2D eigenvalue weighted by molar-refractivity contribution is 5.67. The van der Waals surface area contributed by atoms with Gasteiger partial charge in [-0.1, -0.05) is 45.0 Å². The zero-order valence-corrected chi connectivity index (χ0v) is 17.6. The fraction of sp³-hybridized carbons (Fsp3) is 0.304. The summed E-state index contributed by atoms with van der Waals surface area (Å²) in [6, 6.07) is 10.8. The topological polar surface area (TPSA) is 64.5 Å². The molecule has 1 heterocycles. The van der Waals surface area contributed by atoms with Crippen molar-refractivity contribution >= 4 is 0 Å². The van der Waals surface area contributed by atoms with Gasteiger partial charge in [-0.3, -0.25) is 0 Å². The number of alkyl halides is 3. The Kier molecular flexibility index (Phi) is 5.96. The summed E-state index contributed by atoms with van der Waals surface area (Å²) in [5, 5.41) is 11.8. The molecule has 1 aromatic heterocycles. The van der Waals surface area contributed by atoms with E-state index in [4.69, 9.17) is 4.74 Å². The summed E-state index contributed by atoms with van der Waals surface area (Å²) < 4.78 is 46.7. The molecule has 0 amide bonds. The van der Waals surface area contributed by atoms with Gasteiger partial charge in [0.05, 0.1) is 7.11 Å². The number of aliphatic hydroxyl groups is 1. The Morgan fingerprint density at radius 1 is 0.871 bits per heavy atom. The van der Waals surface area contributed by atoms with Crippen molar-refractivity contribution in [3.63, 3.8) is 0 Å². The fourth-order valence-electron chi connectivity index (χ4n) is 3.50. The predicted octanol–water partition coefficient (Wildman–Crippen LogP) is 5.33. The molecule has 0 spiro atoms. The lowest BCUT2D eigenvalue weighted by molar-refractivity contribution is -0.274. The van der Waals surface area contributed by atoms with E-state index in [-0.39, 0.29) is 5.75 Å². The standard InChI is InChI=1S/C23H23F3N2O3/c1-21(2,3)22(29,17-12-27-14-28-13-17)19-10-7-16(11-20(19)30-4)15-5-8-18(9-6-15)31-23(24,25)26/h5-14,29H,1-4H3. The average Bonchev–Trinajstić information content (AvgIpc) is 2.72. The molecule has 0 bridgehead atoms. The molecule has 31 heavy (non-hydrogen) atoms. The number of hydrogen-bond acceptors (Lipinski definition) is 5. The van der Waals surface area contributed by atoms with Crippen molar-refractivity contribution in [2.24, 2.45) is 5.41 Å². The summed E-state index contributed by atoms with van der Waals surface area (Å²) in [5.74, 6) is 0.125. The predicted molar refractivity (Wildman–Crippen MR) is 110 cm³/mol. The Bertz CT molecular complexity index is 1030. The van der Waals surface area contributed by atoms with Gasteiger partial charge in [0.15, 0.2) is 0 Å². The van der Waals surface area contributed by atoms with E-state index in [2.05, 4.69) is 14.7 Å². The van der Waals surface area contributed by atoms with Gasteiger partial charge in [0.2, 0.25) is 0 Å². The van der Waals surface area contributed by atoms with Crippen molar-refractivity contribution in [3.05, 3.63) is 72.3 Å². The first kappa shape index (κ1) is 22.6. The minimum Gasteiger partial charge on any atom is -0.496 e. The van der Waals surface area contributed by atoms with Crippen LogP contribution in [0.5, 0.6) is 11.5 Å². The quantitative estimate of drug-likeness (QED) is 0.590. The van der Waals surface area contributed by atoms with Crippen LogP contribution in [-0.4, -0.2) is 28.5 Å². The zero-order valence-electron chi connectivity index (χ0n) is 17.6. The number of benzene rings is 2. The SMILES string of the molecule is COc1cc(-c2ccc(OC(F)(F)F)cc2)ccc1C(O)(c1cncnc1)C(C)(C)C. The molecule has 164 valence electrons. The maximum atomic E-state index is 12.4. The summed E-state index contributed by atoms with van der Waals surface area (Å²) in [6.07, 6.45) is -0.236. The van der Waals surface area contributed by atoms with E-state index in [0.29, 0.717) is 28.0 Å². The largest absolute Gasteiger partial charge is 0.573 e. The number of ether oxygens (including phenoxy) is 2. The van der Waals surface area contributed by atoms with Crippen LogP contribution in [0, 0.1) is 5.41 Å². The molecule has 1 atom stereocenters. The molecule has 5 nitrogen and oxygen atoms in total. The lowest BCUT2D eigenvalue weighted by Crippen LogP contribution is -2.41. The molecule has 0 aliphatic rings. The van der Waals surface area contributed by atoms with Crippen molar-refractivity contribution in [2.75, 3.05) is 7.11 Å². The molecular formula is C23H23F3N2O3. The molecule has 0 saturated carbocycles. The van der Waals surface area contributed by atoms with Gasteiger partial charge >= 0.3 is 6.36 Å². The molecule has 0 saturated heterocycles. The van der Waals surface area contributed by atoms with Gasteiger partial charge in [-0.15, -0.1) is 13.2 Å². The first-order chi connectivity index (χ1) is 14.5. The van der Waals surface area contributed by atoms with Crippen LogP contribution in [0.3, 0.4) is 0 Å². The summed E-state index contributed by atoms with van der Waals surface area (Å²) >= 11 is 0. The molecule has 3 rings (SSSR count). The molecule has 0 radical (unpaired) electrons. The van der Waals surface area contributed by atoms with Gasteiger partial charge < -0.3 is 14.6 Å². The minimum atomic E-state index is -4.75. The number of rotatable bonds is 5. The number of halogens is 3. The average molecular weight is 432 g/mol. The van der Waals surface area contributed by atoms with Crippen LogP contribution < -0.4 is 9.47 Å². The molecule has 2 aromatic carbocycles. The Balaban J connectivity index is 2.05. The van der Waals surface area contributed by atoms with Gasteiger partial charge in [0, 0.05) is 23.5 Å². The Morgan fingerprint density at radius 3 is 1.97 bits per heavy atom. The number of methoxy groups -OCH3 is 1. The van der Waals surface area contributed by atoms with Crippen molar-refractivity contribution < 1.29 is 27.8 Å². The second kappa shape index (κ2) is 8.19. The summed E-state index contributed by atoms with van der Waals surface area (Å²) in [6.45, 7) is 5.69. The normalized spacial score (nSPS) is 14.1. The van der Waals surface area contributed by atoms with Crippen LogP contribution in [0.1, 0.15) is 31.9 Å².